The molecule has 2 heterocycles. The number of likely N-dealkylation sites (tertiary alicyclic amines) is 1. The molecule has 1 aromatic heterocycles. The highest BCUT2D eigenvalue weighted by Crippen LogP contribution is 2.09. The summed E-state index contributed by atoms with van der Waals surface area (Å²) in [7, 11) is 2.20. The lowest BCUT2D eigenvalue weighted by Crippen LogP contribution is -2.30. The second-order valence-corrected chi connectivity index (χ2v) is 4.51. The van der Waals surface area contributed by atoms with Gasteiger partial charge in [-0.25, -0.2) is 9.97 Å². The van der Waals surface area contributed by atoms with Crippen molar-refractivity contribution in [3.05, 3.63) is 24.3 Å². The van der Waals surface area contributed by atoms with E-state index >= 15 is 0 Å². The fourth-order valence-electron chi connectivity index (χ4n) is 2.12. The Hall–Kier alpha value is -1.00. The van der Waals surface area contributed by atoms with Crippen LogP contribution in [-0.4, -0.2) is 41.0 Å². The Labute approximate surface area is 97.1 Å². The van der Waals surface area contributed by atoms with Crippen LogP contribution in [0.2, 0.25) is 0 Å². The van der Waals surface area contributed by atoms with E-state index in [1.165, 1.54) is 32.4 Å². The molecule has 4 heteroatoms. The number of nitrogens with one attached hydrogen (secondary N) is 1. The Morgan fingerprint density at radius 2 is 2.38 bits per heavy atom. The highest BCUT2D eigenvalue weighted by atomic mass is 15.1. The molecule has 0 bridgehead atoms. The molecule has 1 saturated heterocycles. The van der Waals surface area contributed by atoms with Gasteiger partial charge in [-0.1, -0.05) is 0 Å². The molecule has 0 aromatic carbocycles. The van der Waals surface area contributed by atoms with E-state index in [9.17, 15) is 0 Å². The number of hydrogen-bond acceptors (Lipinski definition) is 4. The molecule has 1 aromatic rings. The summed E-state index contributed by atoms with van der Waals surface area (Å²) in [6.45, 7) is 3.28. The average molecular weight is 220 g/mol. The first kappa shape index (κ1) is 11.5. The lowest BCUT2D eigenvalue weighted by atomic mass is 10.1. The van der Waals surface area contributed by atoms with Gasteiger partial charge in [0.25, 0.3) is 0 Å². The first-order valence-corrected chi connectivity index (χ1v) is 6.01. The molecule has 4 nitrogen and oxygen atoms in total. The van der Waals surface area contributed by atoms with Gasteiger partial charge in [0.15, 0.2) is 0 Å². The van der Waals surface area contributed by atoms with Crippen LogP contribution in [0.4, 0.5) is 0 Å². The maximum absolute atomic E-state index is 4.22. The second kappa shape index (κ2) is 5.92. The van der Waals surface area contributed by atoms with Crippen LogP contribution >= 0.6 is 0 Å². The lowest BCUT2D eigenvalue weighted by molar-refractivity contribution is 0.343. The van der Waals surface area contributed by atoms with Crippen LogP contribution in [0, 0.1) is 0 Å². The zero-order valence-electron chi connectivity index (χ0n) is 9.89. The van der Waals surface area contributed by atoms with Crippen molar-refractivity contribution in [1.29, 1.82) is 0 Å². The quantitative estimate of drug-likeness (QED) is 0.826. The summed E-state index contributed by atoms with van der Waals surface area (Å²) in [5.41, 5.74) is 1.08. The first-order valence-electron chi connectivity index (χ1n) is 6.01. The summed E-state index contributed by atoms with van der Waals surface area (Å²) < 4.78 is 0. The van der Waals surface area contributed by atoms with Crippen molar-refractivity contribution in [2.24, 2.45) is 0 Å². The van der Waals surface area contributed by atoms with E-state index in [-0.39, 0.29) is 0 Å². The van der Waals surface area contributed by atoms with Crippen LogP contribution in [0.1, 0.15) is 25.0 Å². The van der Waals surface area contributed by atoms with Gasteiger partial charge in [-0.3, -0.25) is 0 Å². The third kappa shape index (κ3) is 3.54. The van der Waals surface area contributed by atoms with Gasteiger partial charge in [-0.05, 0) is 45.5 Å². The molecular formula is C12H20N4. The van der Waals surface area contributed by atoms with Crippen LogP contribution in [-0.2, 0) is 6.54 Å². The van der Waals surface area contributed by atoms with Gasteiger partial charge >= 0.3 is 0 Å². The van der Waals surface area contributed by atoms with E-state index in [2.05, 4.69) is 27.2 Å². The van der Waals surface area contributed by atoms with E-state index in [4.69, 9.17) is 0 Å². The number of rotatable bonds is 3. The fraction of sp³-hybridized carbons (Fsp3) is 0.667. The molecule has 0 amide bonds. The number of hydrogen-bond donors (Lipinski definition) is 1. The smallest absolute Gasteiger partial charge is 0.115 e. The van der Waals surface area contributed by atoms with Gasteiger partial charge in [0.2, 0.25) is 0 Å². The first-order chi connectivity index (χ1) is 7.84. The van der Waals surface area contributed by atoms with Crippen molar-refractivity contribution in [2.45, 2.75) is 31.8 Å². The summed E-state index contributed by atoms with van der Waals surface area (Å²) in [5.74, 6) is 0. The van der Waals surface area contributed by atoms with Crippen molar-refractivity contribution < 1.29 is 0 Å². The zero-order chi connectivity index (χ0) is 11.2. The second-order valence-electron chi connectivity index (χ2n) is 4.51. The molecule has 0 aliphatic carbocycles. The minimum atomic E-state index is 0.639. The molecule has 1 aliphatic rings. The molecule has 0 radical (unpaired) electrons. The van der Waals surface area contributed by atoms with E-state index in [1.54, 1.807) is 12.5 Å². The van der Waals surface area contributed by atoms with Crippen molar-refractivity contribution >= 4 is 0 Å². The molecule has 1 unspecified atom stereocenters. The Bertz CT molecular complexity index is 301. The average Bonchev–Trinajstić information content (AvgIpc) is 2.53. The van der Waals surface area contributed by atoms with Crippen LogP contribution < -0.4 is 5.32 Å². The highest BCUT2D eigenvalue weighted by Gasteiger charge is 2.13. The van der Waals surface area contributed by atoms with Gasteiger partial charge in [0, 0.05) is 18.8 Å². The Morgan fingerprint density at radius 3 is 3.19 bits per heavy atom. The molecule has 1 fully saturated rings. The van der Waals surface area contributed by atoms with Crippen LogP contribution in [0.25, 0.3) is 0 Å². The molecule has 16 heavy (non-hydrogen) atoms. The molecule has 1 N–H and O–H groups in total. The summed E-state index contributed by atoms with van der Waals surface area (Å²) >= 11 is 0. The van der Waals surface area contributed by atoms with Crippen LogP contribution in [0.5, 0.6) is 0 Å². The van der Waals surface area contributed by atoms with Crippen molar-refractivity contribution in [3.63, 3.8) is 0 Å². The highest BCUT2D eigenvalue weighted by molar-refractivity contribution is 4.97. The lowest BCUT2D eigenvalue weighted by Gasteiger charge is -2.16. The normalized spacial score (nSPS) is 22.9. The Morgan fingerprint density at radius 1 is 1.44 bits per heavy atom. The van der Waals surface area contributed by atoms with Crippen LogP contribution in [0.15, 0.2) is 18.6 Å². The molecule has 88 valence electrons. The summed E-state index contributed by atoms with van der Waals surface area (Å²) in [4.78, 5) is 10.5. The Balaban J connectivity index is 1.77. The van der Waals surface area contributed by atoms with Gasteiger partial charge in [0.1, 0.15) is 6.33 Å². The van der Waals surface area contributed by atoms with E-state index in [0.717, 1.165) is 12.2 Å². The minimum Gasteiger partial charge on any atom is -0.308 e. The van der Waals surface area contributed by atoms with Gasteiger partial charge in [-0.15, -0.1) is 0 Å². The number of aromatic nitrogens is 2. The molecule has 2 rings (SSSR count). The topological polar surface area (TPSA) is 41.0 Å². The summed E-state index contributed by atoms with van der Waals surface area (Å²) in [5, 5.41) is 3.58. The monoisotopic (exact) mass is 220 g/mol. The largest absolute Gasteiger partial charge is 0.308 e. The summed E-state index contributed by atoms with van der Waals surface area (Å²) in [6, 6.07) is 2.61. The standard InChI is InChI=1S/C12H20N4/c1-16-7-2-3-11(5-8-16)14-9-12-4-6-13-10-15-12/h4,6,10-11,14H,2-3,5,7-9H2,1H3. The molecule has 0 spiro atoms. The Kier molecular flexibility index (Phi) is 4.25. The molecule has 0 saturated carbocycles. The third-order valence-corrected chi connectivity index (χ3v) is 3.17. The predicted octanol–water partition coefficient (Wildman–Crippen LogP) is 1.05. The molecule has 1 aliphatic heterocycles. The maximum atomic E-state index is 4.22. The van der Waals surface area contributed by atoms with E-state index < -0.39 is 0 Å². The fourth-order valence-corrected chi connectivity index (χ4v) is 2.12. The molecular weight excluding hydrogens is 200 g/mol. The SMILES string of the molecule is CN1CCCC(NCc2ccncn2)CC1. The van der Waals surface area contributed by atoms with Crippen molar-refractivity contribution in [3.8, 4) is 0 Å². The van der Waals surface area contributed by atoms with Gasteiger partial charge in [0.05, 0.1) is 5.69 Å². The molecule has 1 atom stereocenters. The predicted molar refractivity (Wildman–Crippen MR) is 64.0 cm³/mol. The van der Waals surface area contributed by atoms with Crippen LogP contribution in [0.3, 0.4) is 0 Å². The van der Waals surface area contributed by atoms with Crippen molar-refractivity contribution in [1.82, 2.24) is 20.2 Å². The van der Waals surface area contributed by atoms with E-state index in [0.29, 0.717) is 6.04 Å². The minimum absolute atomic E-state index is 0.639. The number of nitrogens with zero attached hydrogens (tertiary/aromatic N) is 3. The zero-order valence-corrected chi connectivity index (χ0v) is 9.89. The maximum Gasteiger partial charge on any atom is 0.115 e. The van der Waals surface area contributed by atoms with Gasteiger partial charge in [-0.2, -0.15) is 0 Å². The summed E-state index contributed by atoms with van der Waals surface area (Å²) in [6.07, 6.45) is 7.21. The third-order valence-electron chi connectivity index (χ3n) is 3.17. The van der Waals surface area contributed by atoms with Gasteiger partial charge < -0.3 is 10.2 Å². The van der Waals surface area contributed by atoms with E-state index in [1.807, 2.05) is 6.07 Å². The van der Waals surface area contributed by atoms with Crippen molar-refractivity contribution in [2.75, 3.05) is 20.1 Å².